The van der Waals surface area contributed by atoms with Crippen LogP contribution in [0.4, 0.5) is 5.69 Å². The van der Waals surface area contributed by atoms with Gasteiger partial charge in [-0.05, 0) is 23.8 Å². The van der Waals surface area contributed by atoms with Gasteiger partial charge in [0.1, 0.15) is 12.4 Å². The number of benzene rings is 2. The topological polar surface area (TPSA) is 38.5 Å². The minimum Gasteiger partial charge on any atom is -0.492 e. The number of nitrogen functional groups attached to an aromatic ring is 1. The summed E-state index contributed by atoms with van der Waals surface area (Å²) in [5, 5.41) is 0. The van der Waals surface area contributed by atoms with Crippen molar-refractivity contribution < 1.29 is 4.74 Å². The molecular formula is C16H18N2O. The monoisotopic (exact) mass is 254 g/mol. The maximum atomic E-state index is 5.77. The van der Waals surface area contributed by atoms with Gasteiger partial charge in [0.25, 0.3) is 0 Å². The van der Waals surface area contributed by atoms with E-state index >= 15 is 0 Å². The van der Waals surface area contributed by atoms with E-state index in [2.05, 4.69) is 29.2 Å². The van der Waals surface area contributed by atoms with Gasteiger partial charge in [0.2, 0.25) is 0 Å². The summed E-state index contributed by atoms with van der Waals surface area (Å²) in [6, 6.07) is 16.4. The third-order valence-corrected chi connectivity index (χ3v) is 3.42. The third kappa shape index (κ3) is 2.88. The van der Waals surface area contributed by atoms with Gasteiger partial charge in [0.05, 0.1) is 0 Å². The summed E-state index contributed by atoms with van der Waals surface area (Å²) in [5.74, 6) is 1.02. The molecule has 1 aliphatic heterocycles. The van der Waals surface area contributed by atoms with Gasteiger partial charge in [-0.15, -0.1) is 0 Å². The fourth-order valence-corrected chi connectivity index (χ4v) is 2.40. The maximum Gasteiger partial charge on any atom is 0.123 e. The summed E-state index contributed by atoms with van der Waals surface area (Å²) < 4.78 is 5.77. The molecule has 0 bridgehead atoms. The molecule has 2 N–H and O–H groups in total. The molecule has 0 aromatic heterocycles. The smallest absolute Gasteiger partial charge is 0.123 e. The van der Waals surface area contributed by atoms with Crippen LogP contribution in [0.5, 0.6) is 5.75 Å². The molecule has 0 amide bonds. The predicted molar refractivity (Wildman–Crippen MR) is 76.9 cm³/mol. The van der Waals surface area contributed by atoms with E-state index in [1.165, 1.54) is 11.1 Å². The number of nitrogens with zero attached hydrogens (tertiary/aromatic N) is 1. The van der Waals surface area contributed by atoms with Crippen molar-refractivity contribution in [1.82, 2.24) is 4.90 Å². The molecule has 2 aromatic carbocycles. The first-order valence-electron chi connectivity index (χ1n) is 6.59. The molecule has 19 heavy (non-hydrogen) atoms. The Labute approximate surface area is 113 Å². The lowest BCUT2D eigenvalue weighted by Crippen LogP contribution is -2.25. The second-order valence-corrected chi connectivity index (χ2v) is 4.91. The Bertz CT molecular complexity index is 551. The zero-order valence-electron chi connectivity index (χ0n) is 10.9. The highest BCUT2D eigenvalue weighted by atomic mass is 16.5. The molecular weight excluding hydrogens is 236 g/mol. The van der Waals surface area contributed by atoms with E-state index < -0.39 is 0 Å². The van der Waals surface area contributed by atoms with Crippen LogP contribution in [0, 0.1) is 0 Å². The fraction of sp³-hybridized carbons (Fsp3) is 0.250. The highest BCUT2D eigenvalue weighted by Crippen LogP contribution is 2.23. The number of nitrogens with two attached hydrogens (primary N) is 1. The molecule has 2 aromatic rings. The molecule has 0 unspecified atom stereocenters. The van der Waals surface area contributed by atoms with Crippen LogP contribution in [-0.2, 0) is 13.1 Å². The average molecular weight is 254 g/mol. The Balaban J connectivity index is 1.74. The van der Waals surface area contributed by atoms with Crippen LogP contribution in [0.15, 0.2) is 48.5 Å². The maximum absolute atomic E-state index is 5.77. The first-order valence-corrected chi connectivity index (χ1v) is 6.59. The zero-order valence-corrected chi connectivity index (χ0v) is 10.9. The molecule has 3 nitrogen and oxygen atoms in total. The largest absolute Gasteiger partial charge is 0.492 e. The molecule has 0 fully saturated rings. The molecule has 3 heteroatoms. The van der Waals surface area contributed by atoms with Gasteiger partial charge in [-0.25, -0.2) is 0 Å². The second-order valence-electron chi connectivity index (χ2n) is 4.91. The molecule has 98 valence electrons. The van der Waals surface area contributed by atoms with Crippen LogP contribution in [0.2, 0.25) is 0 Å². The van der Waals surface area contributed by atoms with Gasteiger partial charge >= 0.3 is 0 Å². The number of fused-ring (bicyclic) bond motifs is 1. The normalized spacial score (nSPS) is 15.4. The molecule has 0 saturated heterocycles. The molecule has 0 spiro atoms. The van der Waals surface area contributed by atoms with Crippen molar-refractivity contribution in [3.05, 3.63) is 59.7 Å². The molecule has 1 aliphatic rings. The molecule has 0 saturated carbocycles. The number of anilines is 1. The molecule has 0 aliphatic carbocycles. The summed E-state index contributed by atoms with van der Waals surface area (Å²) in [4.78, 5) is 2.40. The van der Waals surface area contributed by atoms with E-state index in [-0.39, 0.29) is 0 Å². The highest BCUT2D eigenvalue weighted by Gasteiger charge is 2.14. The first kappa shape index (κ1) is 12.1. The fourth-order valence-electron chi connectivity index (χ4n) is 2.40. The number of hydrogen-bond donors (Lipinski definition) is 1. The average Bonchev–Trinajstić information content (AvgIpc) is 2.63. The van der Waals surface area contributed by atoms with Gasteiger partial charge in [0, 0.05) is 30.9 Å². The third-order valence-electron chi connectivity index (χ3n) is 3.42. The predicted octanol–water partition coefficient (Wildman–Crippen LogP) is 2.66. The van der Waals surface area contributed by atoms with Gasteiger partial charge < -0.3 is 10.5 Å². The van der Waals surface area contributed by atoms with Gasteiger partial charge in [-0.1, -0.05) is 30.3 Å². The van der Waals surface area contributed by atoms with Crippen molar-refractivity contribution >= 4 is 5.69 Å². The van der Waals surface area contributed by atoms with E-state index in [4.69, 9.17) is 10.5 Å². The summed E-state index contributed by atoms with van der Waals surface area (Å²) in [7, 11) is 0. The van der Waals surface area contributed by atoms with Crippen LogP contribution in [0.3, 0.4) is 0 Å². The van der Waals surface area contributed by atoms with Crippen molar-refractivity contribution in [2.45, 2.75) is 13.1 Å². The summed E-state index contributed by atoms with van der Waals surface area (Å²) in [6.07, 6.45) is 0. The Kier molecular flexibility index (Phi) is 3.38. The number of hydrogen-bond acceptors (Lipinski definition) is 3. The van der Waals surface area contributed by atoms with Crippen molar-refractivity contribution in [1.29, 1.82) is 0 Å². The van der Waals surface area contributed by atoms with Crippen molar-refractivity contribution in [2.24, 2.45) is 0 Å². The van der Waals surface area contributed by atoms with Crippen molar-refractivity contribution in [2.75, 3.05) is 18.9 Å². The summed E-state index contributed by atoms with van der Waals surface area (Å²) in [6.45, 7) is 3.55. The van der Waals surface area contributed by atoms with Crippen molar-refractivity contribution in [3.8, 4) is 5.75 Å². The van der Waals surface area contributed by atoms with E-state index in [1.807, 2.05) is 24.3 Å². The van der Waals surface area contributed by atoms with Crippen molar-refractivity contribution in [3.63, 3.8) is 0 Å². The van der Waals surface area contributed by atoms with Crippen LogP contribution >= 0.6 is 0 Å². The molecule has 1 heterocycles. The summed E-state index contributed by atoms with van der Waals surface area (Å²) in [5.41, 5.74) is 9.07. The first-order chi connectivity index (χ1) is 9.31. The van der Waals surface area contributed by atoms with Crippen LogP contribution < -0.4 is 10.5 Å². The minimum absolute atomic E-state index is 0.742. The Hall–Kier alpha value is -2.00. The van der Waals surface area contributed by atoms with E-state index in [0.29, 0.717) is 0 Å². The van der Waals surface area contributed by atoms with Crippen LogP contribution in [0.1, 0.15) is 11.1 Å². The second kappa shape index (κ2) is 5.33. The molecule has 0 radical (unpaired) electrons. The van der Waals surface area contributed by atoms with E-state index in [9.17, 15) is 0 Å². The number of para-hydroxylation sites is 1. The molecule has 3 rings (SSSR count). The zero-order chi connectivity index (χ0) is 13.1. The lowest BCUT2D eigenvalue weighted by Gasteiger charge is -2.19. The van der Waals surface area contributed by atoms with E-state index in [1.54, 1.807) is 0 Å². The number of rotatable bonds is 2. The lowest BCUT2D eigenvalue weighted by molar-refractivity contribution is 0.219. The van der Waals surface area contributed by atoms with E-state index in [0.717, 1.165) is 37.7 Å². The minimum atomic E-state index is 0.742. The quantitative estimate of drug-likeness (QED) is 0.837. The lowest BCUT2D eigenvalue weighted by atomic mass is 10.1. The number of ether oxygens (including phenoxy) is 1. The Morgan fingerprint density at radius 2 is 1.84 bits per heavy atom. The highest BCUT2D eigenvalue weighted by molar-refractivity contribution is 5.39. The SMILES string of the molecule is Nc1ccc(CN2CCOc3ccccc3C2)cc1. The van der Waals surface area contributed by atoms with Gasteiger partial charge in [0.15, 0.2) is 0 Å². The Morgan fingerprint density at radius 1 is 1.05 bits per heavy atom. The summed E-state index contributed by atoms with van der Waals surface area (Å²) >= 11 is 0. The van der Waals surface area contributed by atoms with Gasteiger partial charge in [-0.3, -0.25) is 4.90 Å². The van der Waals surface area contributed by atoms with Gasteiger partial charge in [-0.2, -0.15) is 0 Å². The Morgan fingerprint density at radius 3 is 2.68 bits per heavy atom. The standard InChI is InChI=1S/C16H18N2O/c17-15-7-5-13(6-8-15)11-18-9-10-19-16-4-2-1-3-14(16)12-18/h1-8H,9-12,17H2. The van der Waals surface area contributed by atoms with Crippen LogP contribution in [-0.4, -0.2) is 18.1 Å². The molecule has 0 atom stereocenters. The van der Waals surface area contributed by atoms with Crippen LogP contribution in [0.25, 0.3) is 0 Å².